The molecule has 0 amide bonds. The van der Waals surface area contributed by atoms with Crippen LogP contribution in [0.25, 0.3) is 5.69 Å². The van der Waals surface area contributed by atoms with E-state index in [-0.39, 0.29) is 0 Å². The van der Waals surface area contributed by atoms with Gasteiger partial charge >= 0.3 is 6.18 Å². The van der Waals surface area contributed by atoms with Gasteiger partial charge in [-0.1, -0.05) is 6.07 Å². The molecule has 78 valence electrons. The van der Waals surface area contributed by atoms with Gasteiger partial charge in [-0.3, -0.25) is 0 Å². The third kappa shape index (κ3) is 2.01. The Bertz CT molecular complexity index is 446. The van der Waals surface area contributed by atoms with Crippen molar-refractivity contribution in [2.75, 3.05) is 0 Å². The van der Waals surface area contributed by atoms with Gasteiger partial charge in [0.25, 0.3) is 0 Å². The number of benzene rings is 1. The van der Waals surface area contributed by atoms with E-state index in [9.17, 15) is 13.2 Å². The lowest BCUT2D eigenvalue weighted by Crippen LogP contribution is -2.27. The monoisotopic (exact) mass is 213 g/mol. The van der Waals surface area contributed by atoms with Crippen molar-refractivity contribution in [3.05, 3.63) is 48.5 Å². The highest BCUT2D eigenvalue weighted by molar-refractivity contribution is 5.30. The van der Waals surface area contributed by atoms with Crippen molar-refractivity contribution in [2.24, 2.45) is 0 Å². The van der Waals surface area contributed by atoms with Crippen LogP contribution < -0.4 is 4.57 Å². The zero-order valence-electron chi connectivity index (χ0n) is 7.62. The number of nitrogens with zero attached hydrogens (tertiary/aromatic N) is 1. The maximum absolute atomic E-state index is 12.4. The molecule has 1 heterocycles. The summed E-state index contributed by atoms with van der Waals surface area (Å²) in [6.45, 7) is 0. The molecule has 2 nitrogen and oxygen atoms in total. The number of halogens is 3. The molecule has 0 aliphatic heterocycles. The molecule has 2 aromatic rings. The number of hydrogen-bond acceptors (Lipinski definition) is 0. The van der Waals surface area contributed by atoms with Gasteiger partial charge in [0.15, 0.2) is 0 Å². The van der Waals surface area contributed by atoms with E-state index in [4.69, 9.17) is 0 Å². The van der Waals surface area contributed by atoms with Crippen molar-refractivity contribution >= 4 is 0 Å². The summed E-state index contributed by atoms with van der Waals surface area (Å²) in [5, 5.41) is 0. The normalized spacial score (nSPS) is 11.7. The summed E-state index contributed by atoms with van der Waals surface area (Å²) in [6, 6.07) is 5.16. The van der Waals surface area contributed by atoms with Crippen LogP contribution >= 0.6 is 0 Å². The average Bonchev–Trinajstić information content (AvgIpc) is 2.69. The first-order chi connectivity index (χ1) is 7.07. The van der Waals surface area contributed by atoms with Crippen LogP contribution in [0.2, 0.25) is 0 Å². The lowest BCUT2D eigenvalue weighted by atomic mass is 10.2. The van der Waals surface area contributed by atoms with Crippen molar-refractivity contribution in [1.82, 2.24) is 4.98 Å². The molecule has 5 heteroatoms. The summed E-state index contributed by atoms with van der Waals surface area (Å²) < 4.78 is 38.8. The first kappa shape index (κ1) is 9.76. The molecule has 0 spiro atoms. The SMILES string of the molecule is FC(F)(F)c1cccc(-[n+]2cc[nH]c2)c1. The molecule has 0 aliphatic rings. The van der Waals surface area contributed by atoms with Gasteiger partial charge in [-0.2, -0.15) is 13.2 Å². The number of aromatic nitrogens is 2. The van der Waals surface area contributed by atoms with Gasteiger partial charge in [0.1, 0.15) is 18.1 Å². The Labute approximate surface area is 84.0 Å². The van der Waals surface area contributed by atoms with Crippen molar-refractivity contribution in [2.45, 2.75) is 6.18 Å². The van der Waals surface area contributed by atoms with E-state index < -0.39 is 11.7 Å². The molecule has 0 saturated carbocycles. The van der Waals surface area contributed by atoms with Gasteiger partial charge in [0.05, 0.1) is 5.56 Å². The third-order valence-corrected chi connectivity index (χ3v) is 2.02. The zero-order valence-corrected chi connectivity index (χ0v) is 7.62. The van der Waals surface area contributed by atoms with Crippen molar-refractivity contribution in [3.8, 4) is 5.69 Å². The van der Waals surface area contributed by atoms with Crippen LogP contribution in [0.5, 0.6) is 0 Å². The predicted molar refractivity (Wildman–Crippen MR) is 47.3 cm³/mol. The molecule has 0 radical (unpaired) electrons. The maximum Gasteiger partial charge on any atom is 0.416 e. The summed E-state index contributed by atoms with van der Waals surface area (Å²) in [4.78, 5) is 2.77. The molecule has 0 bridgehead atoms. The summed E-state index contributed by atoms with van der Waals surface area (Å²) in [5.41, 5.74) is -0.167. The highest BCUT2D eigenvalue weighted by Gasteiger charge is 2.30. The minimum absolute atomic E-state index is 0.478. The van der Waals surface area contributed by atoms with Gasteiger partial charge in [0.2, 0.25) is 6.33 Å². The Morgan fingerprint density at radius 2 is 2.00 bits per heavy atom. The molecule has 0 fully saturated rings. The molecule has 1 aromatic carbocycles. The fourth-order valence-corrected chi connectivity index (χ4v) is 1.29. The van der Waals surface area contributed by atoms with Crippen LogP contribution in [-0.4, -0.2) is 4.98 Å². The molecule has 1 N–H and O–H groups in total. The average molecular weight is 213 g/mol. The summed E-state index contributed by atoms with van der Waals surface area (Å²) >= 11 is 0. The molecular weight excluding hydrogens is 205 g/mol. The minimum atomic E-state index is -4.30. The van der Waals surface area contributed by atoms with Gasteiger partial charge in [-0.25, -0.2) is 9.55 Å². The molecule has 0 unspecified atom stereocenters. The second-order valence-electron chi connectivity index (χ2n) is 3.07. The highest BCUT2D eigenvalue weighted by Crippen LogP contribution is 2.29. The van der Waals surface area contributed by atoms with Gasteiger partial charge in [-0.05, 0) is 18.2 Å². The smallest absolute Gasteiger partial charge is 0.250 e. The summed E-state index contributed by atoms with van der Waals surface area (Å²) in [7, 11) is 0. The fourth-order valence-electron chi connectivity index (χ4n) is 1.29. The van der Waals surface area contributed by atoms with Crippen LogP contribution in [0.15, 0.2) is 43.0 Å². The fraction of sp³-hybridized carbons (Fsp3) is 0.100. The molecule has 1 aromatic heterocycles. The molecule has 0 aliphatic carbocycles. The van der Waals surface area contributed by atoms with Crippen LogP contribution in [-0.2, 0) is 6.18 Å². The van der Waals surface area contributed by atoms with E-state index in [0.717, 1.165) is 12.1 Å². The number of alkyl halides is 3. The molecule has 15 heavy (non-hydrogen) atoms. The van der Waals surface area contributed by atoms with Crippen LogP contribution in [0.1, 0.15) is 5.56 Å². The Hall–Kier alpha value is -1.78. The first-order valence-electron chi connectivity index (χ1n) is 4.29. The topological polar surface area (TPSA) is 19.7 Å². The number of H-pyrrole nitrogens is 1. The number of rotatable bonds is 1. The molecular formula is C10H8F3N2+. The van der Waals surface area contributed by atoms with Gasteiger partial charge in [-0.15, -0.1) is 0 Å². The number of nitrogens with one attached hydrogen (secondary N) is 1. The van der Waals surface area contributed by atoms with Crippen molar-refractivity contribution < 1.29 is 17.7 Å². The lowest BCUT2D eigenvalue weighted by Gasteiger charge is -2.06. The van der Waals surface area contributed by atoms with Crippen molar-refractivity contribution in [1.29, 1.82) is 0 Å². The third-order valence-electron chi connectivity index (χ3n) is 2.02. The largest absolute Gasteiger partial charge is 0.416 e. The zero-order chi connectivity index (χ0) is 10.9. The van der Waals surface area contributed by atoms with Gasteiger partial charge < -0.3 is 0 Å². The lowest BCUT2D eigenvalue weighted by molar-refractivity contribution is -0.594. The molecule has 2 rings (SSSR count). The van der Waals surface area contributed by atoms with E-state index in [0.29, 0.717) is 5.69 Å². The number of aromatic amines is 1. The Morgan fingerprint density at radius 3 is 2.60 bits per heavy atom. The predicted octanol–water partition coefficient (Wildman–Crippen LogP) is 2.31. The van der Waals surface area contributed by atoms with Crippen molar-refractivity contribution in [3.63, 3.8) is 0 Å². The van der Waals surface area contributed by atoms with E-state index in [2.05, 4.69) is 4.98 Å². The van der Waals surface area contributed by atoms with Crippen LogP contribution in [0, 0.1) is 0 Å². The van der Waals surface area contributed by atoms with E-state index >= 15 is 0 Å². The van der Waals surface area contributed by atoms with Crippen LogP contribution in [0.3, 0.4) is 0 Å². The quantitative estimate of drug-likeness (QED) is 0.701. The summed E-state index contributed by atoms with van der Waals surface area (Å²) in [5.74, 6) is 0. The van der Waals surface area contributed by atoms with Crippen LogP contribution in [0.4, 0.5) is 13.2 Å². The maximum atomic E-state index is 12.4. The van der Waals surface area contributed by atoms with Gasteiger partial charge in [0, 0.05) is 0 Å². The molecule has 0 saturated heterocycles. The van der Waals surface area contributed by atoms with E-state index in [1.165, 1.54) is 6.07 Å². The number of imidazole rings is 1. The second kappa shape index (κ2) is 3.42. The second-order valence-corrected chi connectivity index (χ2v) is 3.07. The Balaban J connectivity index is 2.44. The van der Waals surface area contributed by atoms with E-state index in [1.807, 2.05) is 0 Å². The Morgan fingerprint density at radius 1 is 1.20 bits per heavy atom. The molecule has 0 atom stereocenters. The summed E-state index contributed by atoms with van der Waals surface area (Å²) in [6.07, 6.45) is 0.568. The standard InChI is InChI=1S/C10H7F3N2/c11-10(12,13)8-2-1-3-9(6-8)15-5-4-14-7-15/h1-7H/p+1. The first-order valence-corrected chi connectivity index (χ1v) is 4.29. The minimum Gasteiger partial charge on any atom is -0.250 e. The highest BCUT2D eigenvalue weighted by atomic mass is 19.4. The Kier molecular flexibility index (Phi) is 2.22. The van der Waals surface area contributed by atoms with E-state index in [1.54, 1.807) is 29.4 Å². The number of hydrogen-bond donors (Lipinski definition) is 1.